The van der Waals surface area contributed by atoms with Crippen molar-refractivity contribution in [1.82, 2.24) is 4.98 Å². The van der Waals surface area contributed by atoms with E-state index in [1.54, 1.807) is 0 Å². The summed E-state index contributed by atoms with van der Waals surface area (Å²) in [5, 5.41) is 18.8. The summed E-state index contributed by atoms with van der Waals surface area (Å²) >= 11 is 0. The summed E-state index contributed by atoms with van der Waals surface area (Å²) in [5.74, 6) is -3.04. The molecular weight excluding hydrogens is 176 g/mol. The summed E-state index contributed by atoms with van der Waals surface area (Å²) in [7, 11) is 0. The van der Waals surface area contributed by atoms with Crippen molar-refractivity contribution in [1.29, 1.82) is 0 Å². The zero-order chi connectivity index (χ0) is 10.0. The minimum atomic E-state index is -1.49. The Labute approximate surface area is 72.6 Å². The number of nitrogens with zero attached hydrogens (tertiary/aromatic N) is 1. The Bertz CT molecular complexity index is 375. The lowest BCUT2D eigenvalue weighted by molar-refractivity contribution is -0.255. The number of aromatic carboxylic acids is 2. The number of anilines is 1. The number of rotatable bonds is 2. The normalized spacial score (nSPS) is 9.54. The zero-order valence-electron chi connectivity index (χ0n) is 6.35. The summed E-state index contributed by atoms with van der Waals surface area (Å²) < 4.78 is 0. The first-order valence-electron chi connectivity index (χ1n) is 3.22. The van der Waals surface area contributed by atoms with E-state index in [0.29, 0.717) is 0 Å². The number of carboxylic acid groups (broad SMARTS) is 2. The molecule has 6 nitrogen and oxygen atoms in total. The Morgan fingerprint density at radius 1 is 1.54 bits per heavy atom. The van der Waals surface area contributed by atoms with Crippen molar-refractivity contribution in [3.63, 3.8) is 0 Å². The van der Waals surface area contributed by atoms with Crippen LogP contribution in [0.15, 0.2) is 12.3 Å². The van der Waals surface area contributed by atoms with Crippen LogP contribution in [0.2, 0.25) is 0 Å². The highest BCUT2D eigenvalue weighted by atomic mass is 16.4. The van der Waals surface area contributed by atoms with E-state index in [0.717, 1.165) is 12.3 Å². The molecule has 0 fully saturated rings. The molecule has 0 saturated carbocycles. The first-order valence-corrected chi connectivity index (χ1v) is 3.22. The van der Waals surface area contributed by atoms with Gasteiger partial charge in [0.2, 0.25) is 0 Å². The van der Waals surface area contributed by atoms with E-state index in [4.69, 9.17) is 10.8 Å². The van der Waals surface area contributed by atoms with Crippen molar-refractivity contribution in [2.75, 3.05) is 5.73 Å². The molecule has 1 aromatic rings. The van der Waals surface area contributed by atoms with Crippen LogP contribution in [0.3, 0.4) is 0 Å². The van der Waals surface area contributed by atoms with Crippen molar-refractivity contribution < 1.29 is 19.8 Å². The topological polar surface area (TPSA) is 116 Å². The zero-order valence-corrected chi connectivity index (χ0v) is 6.35. The van der Waals surface area contributed by atoms with Crippen molar-refractivity contribution in [2.24, 2.45) is 0 Å². The number of aromatic nitrogens is 1. The lowest BCUT2D eigenvalue weighted by Gasteiger charge is -2.04. The van der Waals surface area contributed by atoms with Crippen LogP contribution in [0, 0.1) is 0 Å². The minimum Gasteiger partial charge on any atom is -0.545 e. The standard InChI is InChI=1S/C7H6N2O4/c8-5-4(7(12)13)1-3(2-9-5)6(10)11/h1-2H,(H2,8,9)(H,10,11)(H,12,13)/p-1. The van der Waals surface area contributed by atoms with Crippen LogP contribution in [0.1, 0.15) is 20.7 Å². The van der Waals surface area contributed by atoms with E-state index in [1.165, 1.54) is 0 Å². The van der Waals surface area contributed by atoms with E-state index in [1.807, 2.05) is 0 Å². The maximum absolute atomic E-state index is 10.5. The van der Waals surface area contributed by atoms with Crippen LogP contribution < -0.4 is 10.8 Å². The van der Waals surface area contributed by atoms with Gasteiger partial charge >= 0.3 is 5.97 Å². The molecule has 0 aliphatic rings. The van der Waals surface area contributed by atoms with E-state index < -0.39 is 11.9 Å². The lowest BCUT2D eigenvalue weighted by Crippen LogP contribution is -2.23. The molecule has 3 N–H and O–H groups in total. The van der Waals surface area contributed by atoms with Crippen LogP contribution in [-0.4, -0.2) is 22.0 Å². The van der Waals surface area contributed by atoms with Gasteiger partial charge in [0.25, 0.3) is 0 Å². The SMILES string of the molecule is Nc1ncc(C(=O)[O-])cc1C(=O)O. The predicted molar refractivity (Wildman–Crippen MR) is 39.9 cm³/mol. The molecule has 0 aliphatic heterocycles. The highest BCUT2D eigenvalue weighted by Crippen LogP contribution is 2.09. The molecule has 0 aliphatic carbocycles. The van der Waals surface area contributed by atoms with E-state index in [-0.39, 0.29) is 16.9 Å². The van der Waals surface area contributed by atoms with E-state index >= 15 is 0 Å². The van der Waals surface area contributed by atoms with E-state index in [9.17, 15) is 14.7 Å². The number of carbonyl (C=O) groups is 2. The molecule has 1 heterocycles. The maximum Gasteiger partial charge on any atom is 0.339 e. The average molecular weight is 181 g/mol. The number of carboxylic acids is 2. The molecule has 0 bridgehead atoms. The summed E-state index contributed by atoms with van der Waals surface area (Å²) in [6.45, 7) is 0. The van der Waals surface area contributed by atoms with Crippen LogP contribution in [0.25, 0.3) is 0 Å². The second-order valence-corrected chi connectivity index (χ2v) is 2.25. The molecule has 1 rings (SSSR count). The number of nitrogens with two attached hydrogens (primary N) is 1. The third kappa shape index (κ3) is 1.73. The van der Waals surface area contributed by atoms with Gasteiger partial charge in [0.05, 0.1) is 5.97 Å². The Hall–Kier alpha value is -2.11. The van der Waals surface area contributed by atoms with Crippen molar-refractivity contribution in [2.45, 2.75) is 0 Å². The summed E-state index contributed by atoms with van der Waals surface area (Å²) in [6.07, 6.45) is 0.942. The highest BCUT2D eigenvalue weighted by Gasteiger charge is 2.09. The molecule has 0 aromatic carbocycles. The smallest absolute Gasteiger partial charge is 0.339 e. The highest BCUT2D eigenvalue weighted by molar-refractivity contribution is 5.96. The second kappa shape index (κ2) is 3.10. The van der Waals surface area contributed by atoms with Crippen LogP contribution in [0.4, 0.5) is 5.82 Å². The van der Waals surface area contributed by atoms with Gasteiger partial charge < -0.3 is 20.7 Å². The number of carbonyl (C=O) groups excluding carboxylic acids is 1. The largest absolute Gasteiger partial charge is 0.545 e. The number of hydrogen-bond donors (Lipinski definition) is 2. The fourth-order valence-corrected chi connectivity index (χ4v) is 0.758. The molecule has 0 spiro atoms. The van der Waals surface area contributed by atoms with Gasteiger partial charge in [-0.15, -0.1) is 0 Å². The van der Waals surface area contributed by atoms with Crippen LogP contribution >= 0.6 is 0 Å². The van der Waals surface area contributed by atoms with Gasteiger partial charge in [-0.25, -0.2) is 9.78 Å². The van der Waals surface area contributed by atoms with Gasteiger partial charge in [0.15, 0.2) is 0 Å². The third-order valence-electron chi connectivity index (χ3n) is 1.38. The Morgan fingerprint density at radius 3 is 2.62 bits per heavy atom. The number of nitrogen functional groups attached to an aromatic ring is 1. The third-order valence-corrected chi connectivity index (χ3v) is 1.38. The van der Waals surface area contributed by atoms with Crippen molar-refractivity contribution >= 4 is 17.8 Å². The molecular formula is C7H5N2O4-. The van der Waals surface area contributed by atoms with Gasteiger partial charge in [-0.1, -0.05) is 0 Å². The molecule has 0 atom stereocenters. The average Bonchev–Trinajstić information content (AvgIpc) is 2.04. The summed E-state index contributed by atoms with van der Waals surface area (Å²) in [4.78, 5) is 24.2. The Balaban J connectivity index is 3.27. The first-order chi connectivity index (χ1) is 6.02. The molecule has 68 valence electrons. The molecule has 0 unspecified atom stereocenters. The lowest BCUT2D eigenvalue weighted by atomic mass is 10.2. The van der Waals surface area contributed by atoms with Gasteiger partial charge in [-0.3, -0.25) is 0 Å². The van der Waals surface area contributed by atoms with E-state index in [2.05, 4.69) is 4.98 Å². The monoisotopic (exact) mass is 181 g/mol. The van der Waals surface area contributed by atoms with Crippen molar-refractivity contribution in [3.05, 3.63) is 23.4 Å². The summed E-state index contributed by atoms with van der Waals surface area (Å²) in [6, 6.07) is 0.903. The van der Waals surface area contributed by atoms with Crippen LogP contribution in [0.5, 0.6) is 0 Å². The van der Waals surface area contributed by atoms with Gasteiger partial charge in [0.1, 0.15) is 11.4 Å². The molecule has 0 radical (unpaired) electrons. The van der Waals surface area contributed by atoms with Gasteiger partial charge in [-0.05, 0) is 6.07 Å². The number of pyridine rings is 1. The minimum absolute atomic E-state index is 0.225. The van der Waals surface area contributed by atoms with Gasteiger partial charge in [-0.2, -0.15) is 0 Å². The Morgan fingerprint density at radius 2 is 2.15 bits per heavy atom. The molecule has 13 heavy (non-hydrogen) atoms. The summed E-state index contributed by atoms with van der Waals surface area (Å²) in [5.41, 5.74) is 4.53. The quantitative estimate of drug-likeness (QED) is 0.587. The van der Waals surface area contributed by atoms with Crippen LogP contribution in [-0.2, 0) is 0 Å². The Kier molecular flexibility index (Phi) is 2.14. The van der Waals surface area contributed by atoms with Gasteiger partial charge in [0, 0.05) is 11.8 Å². The fourth-order valence-electron chi connectivity index (χ4n) is 0.758. The molecule has 1 aromatic heterocycles. The molecule has 0 saturated heterocycles. The predicted octanol–water partition coefficient (Wildman–Crippen LogP) is -1.27. The molecule has 0 amide bonds. The fraction of sp³-hybridized carbons (Fsp3) is 0. The maximum atomic E-state index is 10.5. The second-order valence-electron chi connectivity index (χ2n) is 2.25. The van der Waals surface area contributed by atoms with Crippen molar-refractivity contribution in [3.8, 4) is 0 Å². The first kappa shape index (κ1) is 8.98. The molecule has 6 heteroatoms. The number of hydrogen-bond acceptors (Lipinski definition) is 5.